The molecule has 0 aromatic heterocycles. The van der Waals surface area contributed by atoms with Crippen molar-refractivity contribution in [3.63, 3.8) is 0 Å². The van der Waals surface area contributed by atoms with Crippen LogP contribution in [0.5, 0.6) is 0 Å². The molecular formula is C10H18O4. The molecule has 3 atom stereocenters. The van der Waals surface area contributed by atoms with Gasteiger partial charge in [0.25, 0.3) is 0 Å². The van der Waals surface area contributed by atoms with E-state index in [1.54, 1.807) is 20.8 Å². The van der Waals surface area contributed by atoms with Gasteiger partial charge in [-0.25, -0.2) is 0 Å². The molecule has 4 heteroatoms. The van der Waals surface area contributed by atoms with E-state index in [2.05, 4.69) is 0 Å². The summed E-state index contributed by atoms with van der Waals surface area (Å²) in [5.41, 5.74) is -1.16. The summed E-state index contributed by atoms with van der Waals surface area (Å²) in [5, 5.41) is 9.98. The van der Waals surface area contributed by atoms with E-state index in [4.69, 9.17) is 9.47 Å². The third-order valence-electron chi connectivity index (χ3n) is 2.42. The number of rotatable bonds is 3. The van der Waals surface area contributed by atoms with Gasteiger partial charge in [0.2, 0.25) is 0 Å². The highest BCUT2D eigenvalue weighted by atomic mass is 16.8. The van der Waals surface area contributed by atoms with Gasteiger partial charge in [-0.05, 0) is 27.7 Å². The number of hydrogen-bond acceptors (Lipinski definition) is 4. The van der Waals surface area contributed by atoms with E-state index >= 15 is 0 Å². The molecule has 0 aliphatic carbocycles. The fourth-order valence-electron chi connectivity index (χ4n) is 1.86. The number of carbonyl (C=O) groups is 1. The number of aliphatic hydroxyl groups is 1. The Bertz CT molecular complexity index is 222. The lowest BCUT2D eigenvalue weighted by atomic mass is 9.92. The third kappa shape index (κ3) is 2.32. The molecule has 1 saturated heterocycles. The lowest BCUT2D eigenvalue weighted by molar-refractivity contribution is -0.169. The Morgan fingerprint density at radius 1 is 1.50 bits per heavy atom. The van der Waals surface area contributed by atoms with Gasteiger partial charge in [-0.15, -0.1) is 0 Å². The van der Waals surface area contributed by atoms with Crippen molar-refractivity contribution in [1.82, 2.24) is 0 Å². The second-order valence-corrected chi connectivity index (χ2v) is 4.49. The molecule has 0 saturated carbocycles. The highest BCUT2D eigenvalue weighted by Gasteiger charge is 2.47. The molecule has 0 bridgehead atoms. The summed E-state index contributed by atoms with van der Waals surface area (Å²) in [6, 6.07) is 0. The summed E-state index contributed by atoms with van der Waals surface area (Å²) in [5.74, 6) is -0.684. The number of hydrogen-bond donors (Lipinski definition) is 1. The standard InChI is InChI=1S/C10H18O4/c1-7-8(10(4,12)5-6-11)14-9(2,3)13-7/h6-8,12H,5H2,1-4H3/t7?,8?,10-/m1/s1. The second-order valence-electron chi connectivity index (χ2n) is 4.49. The minimum atomic E-state index is -1.16. The van der Waals surface area contributed by atoms with Crippen LogP contribution in [-0.4, -0.2) is 35.0 Å². The van der Waals surface area contributed by atoms with Crippen molar-refractivity contribution in [2.24, 2.45) is 0 Å². The molecule has 82 valence electrons. The lowest BCUT2D eigenvalue weighted by Gasteiger charge is -2.29. The van der Waals surface area contributed by atoms with Crippen LogP contribution in [0.3, 0.4) is 0 Å². The van der Waals surface area contributed by atoms with Gasteiger partial charge in [0.05, 0.1) is 11.7 Å². The lowest BCUT2D eigenvalue weighted by Crippen LogP contribution is -2.45. The van der Waals surface area contributed by atoms with Crippen LogP contribution in [0.4, 0.5) is 0 Å². The van der Waals surface area contributed by atoms with Gasteiger partial charge in [-0.1, -0.05) is 0 Å². The molecule has 0 radical (unpaired) electrons. The van der Waals surface area contributed by atoms with Gasteiger partial charge in [-0.2, -0.15) is 0 Å². The molecular weight excluding hydrogens is 184 g/mol. The van der Waals surface area contributed by atoms with Crippen molar-refractivity contribution in [3.8, 4) is 0 Å². The largest absolute Gasteiger partial charge is 0.387 e. The smallest absolute Gasteiger partial charge is 0.163 e. The first-order valence-corrected chi connectivity index (χ1v) is 4.80. The van der Waals surface area contributed by atoms with E-state index in [0.29, 0.717) is 6.29 Å². The van der Waals surface area contributed by atoms with Crippen molar-refractivity contribution in [2.45, 2.75) is 57.7 Å². The molecule has 0 spiro atoms. The SMILES string of the molecule is CC1OC(C)(C)OC1[C@](C)(O)CC=O. The van der Waals surface area contributed by atoms with E-state index in [9.17, 15) is 9.90 Å². The maximum absolute atomic E-state index is 10.4. The van der Waals surface area contributed by atoms with Crippen molar-refractivity contribution in [3.05, 3.63) is 0 Å². The first kappa shape index (κ1) is 11.6. The molecule has 0 aromatic rings. The van der Waals surface area contributed by atoms with Gasteiger partial charge in [0, 0.05) is 6.42 Å². The Kier molecular flexibility index (Phi) is 2.99. The van der Waals surface area contributed by atoms with Gasteiger partial charge in [0.1, 0.15) is 12.4 Å². The van der Waals surface area contributed by atoms with Crippen LogP contribution in [-0.2, 0) is 14.3 Å². The molecule has 14 heavy (non-hydrogen) atoms. The molecule has 1 fully saturated rings. The van der Waals surface area contributed by atoms with E-state index in [0.717, 1.165) is 0 Å². The van der Waals surface area contributed by atoms with Crippen LogP contribution in [0.1, 0.15) is 34.1 Å². The maximum atomic E-state index is 10.4. The minimum absolute atomic E-state index is 0.0570. The van der Waals surface area contributed by atoms with Crippen LogP contribution in [0.2, 0.25) is 0 Å². The summed E-state index contributed by atoms with van der Waals surface area (Å²) in [7, 11) is 0. The van der Waals surface area contributed by atoms with Crippen molar-refractivity contribution in [1.29, 1.82) is 0 Å². The van der Waals surface area contributed by atoms with E-state index in [1.165, 1.54) is 0 Å². The molecule has 2 unspecified atom stereocenters. The first-order chi connectivity index (χ1) is 6.28. The Morgan fingerprint density at radius 2 is 2.07 bits per heavy atom. The van der Waals surface area contributed by atoms with Crippen LogP contribution in [0, 0.1) is 0 Å². The summed E-state index contributed by atoms with van der Waals surface area (Å²) < 4.78 is 11.0. The highest BCUT2D eigenvalue weighted by molar-refractivity contribution is 5.51. The average Bonchev–Trinajstić information content (AvgIpc) is 2.25. The Labute approximate surface area is 84.2 Å². The van der Waals surface area contributed by atoms with Crippen LogP contribution in [0.15, 0.2) is 0 Å². The molecule has 4 nitrogen and oxygen atoms in total. The summed E-state index contributed by atoms with van der Waals surface area (Å²) in [6.07, 6.45) is 0.0886. The Morgan fingerprint density at radius 3 is 2.43 bits per heavy atom. The maximum Gasteiger partial charge on any atom is 0.163 e. The summed E-state index contributed by atoms with van der Waals surface area (Å²) in [6.45, 7) is 7.01. The zero-order valence-electron chi connectivity index (χ0n) is 9.11. The van der Waals surface area contributed by atoms with Crippen LogP contribution < -0.4 is 0 Å². The van der Waals surface area contributed by atoms with Gasteiger partial charge in [0.15, 0.2) is 5.79 Å². The van der Waals surface area contributed by atoms with Crippen LogP contribution >= 0.6 is 0 Å². The fourth-order valence-corrected chi connectivity index (χ4v) is 1.86. The normalized spacial score (nSPS) is 35.2. The highest BCUT2D eigenvalue weighted by Crippen LogP contribution is 2.34. The molecule has 1 heterocycles. The van der Waals surface area contributed by atoms with Crippen molar-refractivity contribution < 1.29 is 19.4 Å². The molecule has 1 aliphatic heterocycles. The van der Waals surface area contributed by atoms with E-state index < -0.39 is 17.5 Å². The van der Waals surface area contributed by atoms with Crippen molar-refractivity contribution >= 4 is 6.29 Å². The molecule has 1 N–H and O–H groups in total. The first-order valence-electron chi connectivity index (χ1n) is 4.80. The number of aldehydes is 1. The molecule has 1 rings (SSSR count). The van der Waals surface area contributed by atoms with E-state index in [-0.39, 0.29) is 12.5 Å². The zero-order chi connectivity index (χ0) is 11.0. The minimum Gasteiger partial charge on any atom is -0.387 e. The predicted molar refractivity (Wildman–Crippen MR) is 50.8 cm³/mol. The van der Waals surface area contributed by atoms with Crippen LogP contribution in [0.25, 0.3) is 0 Å². The topological polar surface area (TPSA) is 55.8 Å². The number of ether oxygens (including phenoxy) is 2. The quantitative estimate of drug-likeness (QED) is 0.690. The average molecular weight is 202 g/mol. The molecule has 0 aromatic carbocycles. The van der Waals surface area contributed by atoms with Gasteiger partial charge in [-0.3, -0.25) is 0 Å². The second kappa shape index (κ2) is 3.61. The van der Waals surface area contributed by atoms with Gasteiger partial charge < -0.3 is 19.4 Å². The molecule has 0 amide bonds. The monoisotopic (exact) mass is 202 g/mol. The van der Waals surface area contributed by atoms with Crippen molar-refractivity contribution in [2.75, 3.05) is 0 Å². The third-order valence-corrected chi connectivity index (χ3v) is 2.42. The Hall–Kier alpha value is -0.450. The van der Waals surface area contributed by atoms with Gasteiger partial charge >= 0.3 is 0 Å². The zero-order valence-corrected chi connectivity index (χ0v) is 9.11. The summed E-state index contributed by atoms with van der Waals surface area (Å²) >= 11 is 0. The fraction of sp³-hybridized carbons (Fsp3) is 0.900. The summed E-state index contributed by atoms with van der Waals surface area (Å²) in [4.78, 5) is 10.4. The Balaban J connectivity index is 2.74. The molecule has 1 aliphatic rings. The predicted octanol–water partition coefficient (Wildman–Crippen LogP) is 0.866. The van der Waals surface area contributed by atoms with E-state index in [1.807, 2.05) is 6.92 Å². The number of carbonyl (C=O) groups excluding carboxylic acids is 1.